The summed E-state index contributed by atoms with van der Waals surface area (Å²) in [5.41, 5.74) is 1.21. The van der Waals surface area contributed by atoms with Crippen molar-refractivity contribution < 1.29 is 14.3 Å². The summed E-state index contributed by atoms with van der Waals surface area (Å²) in [5, 5.41) is 0. The fourth-order valence-corrected chi connectivity index (χ4v) is 2.71. The quantitative estimate of drug-likeness (QED) is 0.844. The van der Waals surface area contributed by atoms with Crippen molar-refractivity contribution in [1.29, 1.82) is 0 Å². The Hall–Kier alpha value is -2.96. The van der Waals surface area contributed by atoms with Crippen molar-refractivity contribution in [2.45, 2.75) is 13.3 Å². The van der Waals surface area contributed by atoms with Crippen LogP contribution in [0.15, 0.2) is 36.7 Å². The van der Waals surface area contributed by atoms with E-state index in [9.17, 15) is 9.59 Å². The number of ether oxygens (including phenoxy) is 1. The zero-order valence-electron chi connectivity index (χ0n) is 14.3. The SMILES string of the molecule is CCc1ncc(C(=O)N2CCN(c3ccc(OC)cc3)C(=O)C2)cn1. The number of hydrogen-bond donors (Lipinski definition) is 0. The molecular formula is C18H20N4O3. The lowest BCUT2D eigenvalue weighted by atomic mass is 10.2. The smallest absolute Gasteiger partial charge is 0.257 e. The van der Waals surface area contributed by atoms with Crippen molar-refractivity contribution in [1.82, 2.24) is 14.9 Å². The first-order chi connectivity index (χ1) is 12.1. The van der Waals surface area contributed by atoms with Crippen LogP contribution in [0.3, 0.4) is 0 Å². The van der Waals surface area contributed by atoms with Crippen LogP contribution in [0.25, 0.3) is 0 Å². The zero-order valence-corrected chi connectivity index (χ0v) is 14.3. The molecule has 1 aliphatic rings. The Labute approximate surface area is 146 Å². The van der Waals surface area contributed by atoms with Crippen LogP contribution in [0.4, 0.5) is 5.69 Å². The summed E-state index contributed by atoms with van der Waals surface area (Å²) < 4.78 is 5.13. The Balaban J connectivity index is 1.67. The van der Waals surface area contributed by atoms with E-state index in [-0.39, 0.29) is 18.4 Å². The van der Waals surface area contributed by atoms with Crippen molar-refractivity contribution in [2.24, 2.45) is 0 Å². The molecule has 0 radical (unpaired) electrons. The summed E-state index contributed by atoms with van der Waals surface area (Å²) >= 11 is 0. The summed E-state index contributed by atoms with van der Waals surface area (Å²) in [5.74, 6) is 1.10. The molecule has 0 bridgehead atoms. The average molecular weight is 340 g/mol. The van der Waals surface area contributed by atoms with Gasteiger partial charge in [-0.3, -0.25) is 9.59 Å². The molecule has 0 atom stereocenters. The molecule has 1 aromatic heterocycles. The third-order valence-electron chi connectivity index (χ3n) is 4.16. The predicted molar refractivity (Wildman–Crippen MR) is 92.7 cm³/mol. The van der Waals surface area contributed by atoms with E-state index >= 15 is 0 Å². The largest absolute Gasteiger partial charge is 0.497 e. The molecule has 1 saturated heterocycles. The molecule has 0 N–H and O–H groups in total. The number of nitrogens with zero attached hydrogens (tertiary/aromatic N) is 4. The van der Waals surface area contributed by atoms with Gasteiger partial charge in [0.25, 0.3) is 5.91 Å². The highest BCUT2D eigenvalue weighted by molar-refractivity contribution is 6.01. The Morgan fingerprint density at radius 3 is 2.40 bits per heavy atom. The number of aromatic nitrogens is 2. The second kappa shape index (κ2) is 7.29. The molecule has 2 aromatic rings. The van der Waals surface area contributed by atoms with E-state index < -0.39 is 0 Å². The molecule has 2 amide bonds. The van der Waals surface area contributed by atoms with Gasteiger partial charge in [0.2, 0.25) is 5.91 Å². The molecular weight excluding hydrogens is 320 g/mol. The molecule has 7 heteroatoms. The number of methoxy groups -OCH3 is 1. The second-order valence-electron chi connectivity index (χ2n) is 5.71. The van der Waals surface area contributed by atoms with Crippen LogP contribution in [0.5, 0.6) is 5.75 Å². The van der Waals surface area contributed by atoms with E-state index in [1.165, 1.54) is 17.3 Å². The van der Waals surface area contributed by atoms with Gasteiger partial charge in [-0.05, 0) is 24.3 Å². The van der Waals surface area contributed by atoms with Crippen LogP contribution in [0.2, 0.25) is 0 Å². The lowest BCUT2D eigenvalue weighted by Gasteiger charge is -2.34. The maximum atomic E-state index is 12.5. The Kier molecular flexibility index (Phi) is 4.92. The van der Waals surface area contributed by atoms with Crippen LogP contribution in [-0.4, -0.2) is 53.4 Å². The highest BCUT2D eigenvalue weighted by atomic mass is 16.5. The van der Waals surface area contributed by atoms with E-state index in [1.807, 2.05) is 31.2 Å². The van der Waals surface area contributed by atoms with Gasteiger partial charge in [0.1, 0.15) is 18.1 Å². The average Bonchev–Trinajstić information content (AvgIpc) is 2.67. The lowest BCUT2D eigenvalue weighted by molar-refractivity contribution is -0.120. The maximum Gasteiger partial charge on any atom is 0.257 e. The van der Waals surface area contributed by atoms with E-state index in [0.29, 0.717) is 30.9 Å². The molecule has 1 aliphatic heterocycles. The minimum atomic E-state index is -0.217. The van der Waals surface area contributed by atoms with Gasteiger partial charge in [0, 0.05) is 37.6 Å². The highest BCUT2D eigenvalue weighted by Gasteiger charge is 2.28. The van der Waals surface area contributed by atoms with Crippen LogP contribution < -0.4 is 9.64 Å². The van der Waals surface area contributed by atoms with Gasteiger partial charge in [-0.2, -0.15) is 0 Å². The molecule has 1 fully saturated rings. The van der Waals surface area contributed by atoms with E-state index in [2.05, 4.69) is 9.97 Å². The Morgan fingerprint density at radius 2 is 1.84 bits per heavy atom. The number of anilines is 1. The summed E-state index contributed by atoms with van der Waals surface area (Å²) in [6.45, 7) is 2.91. The van der Waals surface area contributed by atoms with Crippen molar-refractivity contribution in [3.8, 4) is 5.75 Å². The number of rotatable bonds is 4. The molecule has 0 unspecified atom stereocenters. The van der Waals surface area contributed by atoms with Gasteiger partial charge in [0.15, 0.2) is 0 Å². The number of aryl methyl sites for hydroxylation is 1. The fourth-order valence-electron chi connectivity index (χ4n) is 2.71. The van der Waals surface area contributed by atoms with Gasteiger partial charge in [0.05, 0.1) is 12.7 Å². The number of carbonyl (C=O) groups is 2. The first kappa shape index (κ1) is 16.9. The van der Waals surface area contributed by atoms with Gasteiger partial charge in [-0.15, -0.1) is 0 Å². The van der Waals surface area contributed by atoms with Crippen LogP contribution in [0.1, 0.15) is 23.1 Å². The number of benzene rings is 1. The number of hydrogen-bond acceptors (Lipinski definition) is 5. The minimum Gasteiger partial charge on any atom is -0.497 e. The summed E-state index contributed by atoms with van der Waals surface area (Å²) in [4.78, 5) is 36.5. The van der Waals surface area contributed by atoms with Gasteiger partial charge in [-0.1, -0.05) is 6.92 Å². The highest BCUT2D eigenvalue weighted by Crippen LogP contribution is 2.21. The lowest BCUT2D eigenvalue weighted by Crippen LogP contribution is -2.52. The summed E-state index contributed by atoms with van der Waals surface area (Å²) in [6, 6.07) is 7.30. The van der Waals surface area contributed by atoms with Crippen molar-refractivity contribution in [2.75, 3.05) is 31.6 Å². The van der Waals surface area contributed by atoms with E-state index in [0.717, 1.165) is 11.4 Å². The summed E-state index contributed by atoms with van der Waals surface area (Å²) in [7, 11) is 1.60. The predicted octanol–water partition coefficient (Wildman–Crippen LogP) is 1.54. The van der Waals surface area contributed by atoms with Crippen molar-refractivity contribution >= 4 is 17.5 Å². The van der Waals surface area contributed by atoms with E-state index in [1.54, 1.807) is 12.0 Å². The normalized spacial score (nSPS) is 14.6. The first-order valence-corrected chi connectivity index (χ1v) is 8.17. The molecule has 25 heavy (non-hydrogen) atoms. The molecule has 130 valence electrons. The van der Waals surface area contributed by atoms with Crippen LogP contribution in [-0.2, 0) is 11.2 Å². The summed E-state index contributed by atoms with van der Waals surface area (Å²) in [6.07, 6.45) is 3.76. The first-order valence-electron chi connectivity index (χ1n) is 8.17. The molecule has 2 heterocycles. The molecule has 7 nitrogen and oxygen atoms in total. The standard InChI is InChI=1S/C18H20N4O3/c1-3-16-19-10-13(11-20-16)18(24)21-8-9-22(17(23)12-21)14-4-6-15(25-2)7-5-14/h4-7,10-11H,3,8-9,12H2,1-2H3. The van der Waals surface area contributed by atoms with Crippen molar-refractivity contribution in [3.05, 3.63) is 48.0 Å². The number of piperazine rings is 1. The monoisotopic (exact) mass is 340 g/mol. The fraction of sp³-hybridized carbons (Fsp3) is 0.333. The molecule has 0 saturated carbocycles. The van der Waals surface area contributed by atoms with Gasteiger partial charge >= 0.3 is 0 Å². The van der Waals surface area contributed by atoms with Gasteiger partial charge < -0.3 is 14.5 Å². The molecule has 0 aliphatic carbocycles. The number of amides is 2. The van der Waals surface area contributed by atoms with Crippen LogP contribution in [0, 0.1) is 0 Å². The van der Waals surface area contributed by atoms with E-state index in [4.69, 9.17) is 4.74 Å². The Bertz CT molecular complexity index is 759. The second-order valence-corrected chi connectivity index (χ2v) is 5.71. The Morgan fingerprint density at radius 1 is 1.16 bits per heavy atom. The van der Waals surface area contributed by atoms with Gasteiger partial charge in [-0.25, -0.2) is 9.97 Å². The third-order valence-corrected chi connectivity index (χ3v) is 4.16. The molecule has 1 aromatic carbocycles. The molecule has 0 spiro atoms. The van der Waals surface area contributed by atoms with Crippen LogP contribution >= 0.6 is 0 Å². The number of carbonyl (C=O) groups excluding carboxylic acids is 2. The minimum absolute atomic E-state index is 0.0421. The zero-order chi connectivity index (χ0) is 17.8. The maximum absolute atomic E-state index is 12.5. The molecule has 3 rings (SSSR count). The topological polar surface area (TPSA) is 75.6 Å². The third kappa shape index (κ3) is 3.60. The van der Waals surface area contributed by atoms with Crippen molar-refractivity contribution in [3.63, 3.8) is 0 Å².